The number of hydrogen-bond donors (Lipinski definition) is 1. The van der Waals surface area contributed by atoms with Crippen LogP contribution in [0.4, 0.5) is 0 Å². The van der Waals surface area contributed by atoms with Crippen molar-refractivity contribution < 1.29 is 19.4 Å². The fraction of sp³-hybridized carbons (Fsp3) is 0.222. The number of aryl methyl sites for hydroxylation is 3. The van der Waals surface area contributed by atoms with Crippen molar-refractivity contribution in [2.75, 3.05) is 14.2 Å². The second-order valence-electron chi connectivity index (χ2n) is 7.71. The van der Waals surface area contributed by atoms with Crippen molar-refractivity contribution in [3.05, 3.63) is 94.0 Å². The van der Waals surface area contributed by atoms with Crippen LogP contribution in [0.2, 0.25) is 0 Å². The second-order valence-corrected chi connectivity index (χ2v) is 7.71. The van der Waals surface area contributed by atoms with E-state index in [0.717, 1.165) is 48.3 Å². The zero-order chi connectivity index (χ0) is 21.8. The molecule has 0 amide bonds. The Morgan fingerprint density at radius 1 is 0.935 bits per heavy atom. The first kappa shape index (κ1) is 20.7. The van der Waals surface area contributed by atoms with Gasteiger partial charge in [-0.05, 0) is 77.8 Å². The summed E-state index contributed by atoms with van der Waals surface area (Å²) in [6.45, 7) is 0. The summed E-state index contributed by atoms with van der Waals surface area (Å²) in [6.07, 6.45) is 6.03. The molecule has 3 aromatic carbocycles. The molecule has 0 aromatic heterocycles. The predicted molar refractivity (Wildman–Crippen MR) is 123 cm³/mol. The fourth-order valence-corrected chi connectivity index (χ4v) is 4.33. The molecule has 0 bridgehead atoms. The third kappa shape index (κ3) is 4.33. The van der Waals surface area contributed by atoms with Gasteiger partial charge in [-0.25, -0.2) is 4.79 Å². The van der Waals surface area contributed by atoms with Gasteiger partial charge in [0.15, 0.2) is 11.5 Å². The molecule has 31 heavy (non-hydrogen) atoms. The van der Waals surface area contributed by atoms with Crippen molar-refractivity contribution >= 4 is 17.6 Å². The predicted octanol–water partition coefficient (Wildman–Crippen LogP) is 5.67. The molecular formula is C27H26O4. The van der Waals surface area contributed by atoms with Crippen LogP contribution >= 0.6 is 0 Å². The molecule has 4 nitrogen and oxygen atoms in total. The van der Waals surface area contributed by atoms with E-state index >= 15 is 0 Å². The van der Waals surface area contributed by atoms with Crippen LogP contribution in [0.5, 0.6) is 11.5 Å². The minimum Gasteiger partial charge on any atom is -0.493 e. The molecule has 3 aromatic rings. The van der Waals surface area contributed by atoms with Gasteiger partial charge in [-0.1, -0.05) is 42.5 Å². The van der Waals surface area contributed by atoms with E-state index in [1.807, 2.05) is 24.3 Å². The minimum atomic E-state index is -0.893. The Balaban J connectivity index is 1.62. The maximum absolute atomic E-state index is 11.1. The molecule has 0 saturated carbocycles. The van der Waals surface area contributed by atoms with Crippen LogP contribution in [0.15, 0.2) is 60.7 Å². The Morgan fingerprint density at radius 3 is 2.42 bits per heavy atom. The number of carbonyl (C=O) groups is 1. The van der Waals surface area contributed by atoms with E-state index in [-0.39, 0.29) is 0 Å². The van der Waals surface area contributed by atoms with Gasteiger partial charge in [0.05, 0.1) is 19.8 Å². The average molecular weight is 415 g/mol. The van der Waals surface area contributed by atoms with E-state index < -0.39 is 5.97 Å². The van der Waals surface area contributed by atoms with Crippen LogP contribution in [0.3, 0.4) is 0 Å². The Morgan fingerprint density at radius 2 is 1.71 bits per heavy atom. The first-order valence-electron chi connectivity index (χ1n) is 10.5. The van der Waals surface area contributed by atoms with Crippen LogP contribution in [0.25, 0.3) is 11.6 Å². The molecule has 0 fully saturated rings. The SMILES string of the molecule is COc1cccc(C=C2CCc3cccc(CCc4ccc(C(=O)O)cc4)c32)c1OC. The van der Waals surface area contributed by atoms with E-state index in [1.165, 1.54) is 22.3 Å². The molecule has 1 aliphatic rings. The number of para-hydroxylation sites is 1. The van der Waals surface area contributed by atoms with Gasteiger partial charge >= 0.3 is 5.97 Å². The van der Waals surface area contributed by atoms with Crippen LogP contribution in [0, 0.1) is 0 Å². The quantitative estimate of drug-likeness (QED) is 0.541. The van der Waals surface area contributed by atoms with Crippen molar-refractivity contribution in [2.45, 2.75) is 25.7 Å². The second kappa shape index (κ2) is 9.09. The lowest BCUT2D eigenvalue weighted by atomic mass is 9.94. The number of allylic oxidation sites excluding steroid dienone is 1. The molecular weight excluding hydrogens is 388 g/mol. The van der Waals surface area contributed by atoms with E-state index in [2.05, 4.69) is 30.3 Å². The van der Waals surface area contributed by atoms with Crippen LogP contribution in [-0.2, 0) is 19.3 Å². The summed E-state index contributed by atoms with van der Waals surface area (Å²) >= 11 is 0. The molecule has 1 aliphatic carbocycles. The maximum atomic E-state index is 11.1. The van der Waals surface area contributed by atoms with Gasteiger partial charge in [-0.2, -0.15) is 0 Å². The van der Waals surface area contributed by atoms with E-state index in [0.29, 0.717) is 5.56 Å². The highest BCUT2D eigenvalue weighted by molar-refractivity contribution is 5.89. The molecule has 0 heterocycles. The highest BCUT2D eigenvalue weighted by atomic mass is 16.5. The summed E-state index contributed by atoms with van der Waals surface area (Å²) in [7, 11) is 3.32. The van der Waals surface area contributed by atoms with E-state index in [4.69, 9.17) is 14.6 Å². The van der Waals surface area contributed by atoms with Gasteiger partial charge in [0.1, 0.15) is 0 Å². The van der Waals surface area contributed by atoms with Crippen LogP contribution < -0.4 is 9.47 Å². The van der Waals surface area contributed by atoms with Crippen molar-refractivity contribution in [2.24, 2.45) is 0 Å². The standard InChI is InChI=1S/C27H26O4/c1-30-24-8-4-7-23(26(24)31-2)17-22-16-15-20-6-3-5-19(25(20)22)12-9-18-10-13-21(14-11-18)27(28)29/h3-8,10-11,13-14,17H,9,12,15-16H2,1-2H3,(H,28,29). The lowest BCUT2D eigenvalue weighted by Crippen LogP contribution is -1.99. The molecule has 4 heteroatoms. The third-order valence-electron chi connectivity index (χ3n) is 5.87. The maximum Gasteiger partial charge on any atom is 0.335 e. The summed E-state index contributed by atoms with van der Waals surface area (Å²) in [6, 6.07) is 19.7. The Hall–Kier alpha value is -3.53. The Kier molecular flexibility index (Phi) is 6.08. The molecule has 158 valence electrons. The number of benzene rings is 3. The first-order chi connectivity index (χ1) is 15.1. The van der Waals surface area contributed by atoms with Gasteiger partial charge in [0.25, 0.3) is 0 Å². The summed E-state index contributed by atoms with van der Waals surface area (Å²) in [5.74, 6) is 0.588. The monoisotopic (exact) mass is 414 g/mol. The van der Waals surface area contributed by atoms with Crippen molar-refractivity contribution in [1.29, 1.82) is 0 Å². The largest absolute Gasteiger partial charge is 0.493 e. The number of methoxy groups -OCH3 is 2. The van der Waals surface area contributed by atoms with Gasteiger partial charge in [-0.3, -0.25) is 0 Å². The van der Waals surface area contributed by atoms with Gasteiger partial charge in [0.2, 0.25) is 0 Å². The highest BCUT2D eigenvalue weighted by Crippen LogP contribution is 2.39. The van der Waals surface area contributed by atoms with Crippen molar-refractivity contribution in [3.8, 4) is 11.5 Å². The minimum absolute atomic E-state index is 0.321. The molecule has 0 unspecified atom stereocenters. The number of carboxylic acids is 1. The summed E-state index contributed by atoms with van der Waals surface area (Å²) in [5.41, 5.74) is 7.84. The molecule has 1 N–H and O–H groups in total. The van der Waals surface area contributed by atoms with Gasteiger partial charge in [0, 0.05) is 5.56 Å². The number of aromatic carboxylic acids is 1. The van der Waals surface area contributed by atoms with Crippen molar-refractivity contribution in [1.82, 2.24) is 0 Å². The summed E-state index contributed by atoms with van der Waals surface area (Å²) < 4.78 is 11.1. The highest BCUT2D eigenvalue weighted by Gasteiger charge is 2.20. The van der Waals surface area contributed by atoms with Gasteiger partial charge < -0.3 is 14.6 Å². The Bertz CT molecular complexity index is 1130. The summed E-state index contributed by atoms with van der Waals surface area (Å²) in [5, 5.41) is 9.09. The topological polar surface area (TPSA) is 55.8 Å². The lowest BCUT2D eigenvalue weighted by Gasteiger charge is -2.13. The smallest absolute Gasteiger partial charge is 0.335 e. The normalized spacial score (nSPS) is 13.8. The first-order valence-corrected chi connectivity index (χ1v) is 10.5. The number of fused-ring (bicyclic) bond motifs is 1. The van der Waals surface area contributed by atoms with Crippen LogP contribution in [-0.4, -0.2) is 25.3 Å². The van der Waals surface area contributed by atoms with E-state index in [1.54, 1.807) is 26.4 Å². The molecule has 0 aliphatic heterocycles. The molecule has 0 radical (unpaired) electrons. The van der Waals surface area contributed by atoms with Gasteiger partial charge in [-0.15, -0.1) is 0 Å². The lowest BCUT2D eigenvalue weighted by molar-refractivity contribution is 0.0697. The molecule has 0 spiro atoms. The summed E-state index contributed by atoms with van der Waals surface area (Å²) in [4.78, 5) is 11.1. The van der Waals surface area contributed by atoms with Crippen molar-refractivity contribution in [3.63, 3.8) is 0 Å². The average Bonchev–Trinajstić information content (AvgIpc) is 3.21. The zero-order valence-electron chi connectivity index (χ0n) is 17.9. The number of rotatable bonds is 7. The van der Waals surface area contributed by atoms with E-state index in [9.17, 15) is 4.79 Å². The molecule has 0 atom stereocenters. The fourth-order valence-electron chi connectivity index (χ4n) is 4.33. The zero-order valence-corrected chi connectivity index (χ0v) is 17.9. The third-order valence-corrected chi connectivity index (χ3v) is 5.87. The number of hydrogen-bond acceptors (Lipinski definition) is 3. The molecule has 4 rings (SSSR count). The Labute approximate surface area is 182 Å². The van der Waals surface area contributed by atoms with Crippen LogP contribution in [0.1, 0.15) is 44.6 Å². The number of ether oxygens (including phenoxy) is 2. The molecule has 0 saturated heterocycles. The number of carboxylic acid groups (broad SMARTS) is 1.